The number of halogens is 1. The van der Waals surface area contributed by atoms with Crippen molar-refractivity contribution in [3.05, 3.63) is 59.1 Å². The van der Waals surface area contributed by atoms with Gasteiger partial charge in [-0.2, -0.15) is 0 Å². The van der Waals surface area contributed by atoms with Crippen molar-refractivity contribution in [1.29, 1.82) is 0 Å². The number of anilines is 2. The van der Waals surface area contributed by atoms with Gasteiger partial charge in [-0.15, -0.1) is 0 Å². The molecule has 2 atom stereocenters. The molecule has 1 aliphatic rings. The van der Waals surface area contributed by atoms with Crippen LogP contribution in [0.5, 0.6) is 0 Å². The van der Waals surface area contributed by atoms with Crippen LogP contribution in [-0.2, 0) is 19.6 Å². The van der Waals surface area contributed by atoms with E-state index in [1.807, 2.05) is 0 Å². The Bertz CT molecular complexity index is 1090. The molecule has 2 aromatic rings. The Balaban J connectivity index is 1.81. The molecule has 1 heterocycles. The number of sulfonamides is 1. The topological polar surface area (TPSA) is 105 Å². The van der Waals surface area contributed by atoms with Crippen LogP contribution in [0.4, 0.5) is 11.4 Å². The second kappa shape index (κ2) is 11.0. The van der Waals surface area contributed by atoms with Crippen molar-refractivity contribution in [2.45, 2.75) is 38.3 Å². The second-order valence-corrected chi connectivity index (χ2v) is 10.1. The summed E-state index contributed by atoms with van der Waals surface area (Å²) in [6, 6.07) is 11.8. The van der Waals surface area contributed by atoms with Gasteiger partial charge in [-0.25, -0.2) is 8.42 Å². The predicted molar refractivity (Wildman–Crippen MR) is 129 cm³/mol. The molecule has 2 aromatic carbocycles. The fourth-order valence-electron chi connectivity index (χ4n) is 3.76. The van der Waals surface area contributed by atoms with Crippen molar-refractivity contribution >= 4 is 44.8 Å². The molecule has 8 nitrogen and oxygen atoms in total. The summed E-state index contributed by atoms with van der Waals surface area (Å²) in [6.45, 7) is 2.80. The third kappa shape index (κ3) is 6.46. The molecule has 10 heteroatoms. The second-order valence-electron chi connectivity index (χ2n) is 7.84. The first-order chi connectivity index (χ1) is 15.7. The molecular formula is C23H28ClN3O5S. The first-order valence-corrected chi connectivity index (χ1v) is 13.0. The van der Waals surface area contributed by atoms with E-state index in [4.69, 9.17) is 16.3 Å². The maximum atomic E-state index is 13.2. The van der Waals surface area contributed by atoms with E-state index < -0.39 is 22.0 Å². The molecule has 0 unspecified atom stereocenters. The number of nitrogens with one attached hydrogen (secondary N) is 2. The fourth-order valence-corrected chi connectivity index (χ4v) is 5.10. The van der Waals surface area contributed by atoms with E-state index in [0.29, 0.717) is 29.5 Å². The van der Waals surface area contributed by atoms with Crippen LogP contribution < -0.4 is 14.9 Å². The Morgan fingerprint density at radius 1 is 1.18 bits per heavy atom. The molecule has 2 N–H and O–H groups in total. The molecular weight excluding hydrogens is 466 g/mol. The lowest BCUT2D eigenvalue weighted by atomic mass is 10.1. The minimum Gasteiger partial charge on any atom is -0.376 e. The van der Waals surface area contributed by atoms with E-state index in [1.54, 1.807) is 55.5 Å². The highest BCUT2D eigenvalue weighted by Gasteiger charge is 2.32. The van der Waals surface area contributed by atoms with E-state index in [-0.39, 0.29) is 24.0 Å². The van der Waals surface area contributed by atoms with Gasteiger partial charge in [0, 0.05) is 18.2 Å². The number of benzene rings is 2. The van der Waals surface area contributed by atoms with Gasteiger partial charge >= 0.3 is 0 Å². The van der Waals surface area contributed by atoms with Crippen molar-refractivity contribution in [3.8, 4) is 0 Å². The van der Waals surface area contributed by atoms with Crippen molar-refractivity contribution in [3.63, 3.8) is 0 Å². The van der Waals surface area contributed by atoms with Crippen LogP contribution in [0, 0.1) is 0 Å². The number of ether oxygens (including phenoxy) is 1. The lowest BCUT2D eigenvalue weighted by molar-refractivity contribution is -0.117. The Morgan fingerprint density at radius 3 is 2.48 bits per heavy atom. The molecule has 1 aliphatic heterocycles. The van der Waals surface area contributed by atoms with Gasteiger partial charge in [0.15, 0.2) is 0 Å². The van der Waals surface area contributed by atoms with Crippen molar-refractivity contribution in [2.24, 2.45) is 0 Å². The lowest BCUT2D eigenvalue weighted by Crippen LogP contribution is -2.47. The third-order valence-corrected chi connectivity index (χ3v) is 6.79. The van der Waals surface area contributed by atoms with Crippen LogP contribution >= 0.6 is 11.6 Å². The average Bonchev–Trinajstić information content (AvgIpc) is 3.30. The van der Waals surface area contributed by atoms with E-state index in [0.717, 1.165) is 23.4 Å². The zero-order chi connectivity index (χ0) is 24.0. The van der Waals surface area contributed by atoms with Crippen LogP contribution in [0.3, 0.4) is 0 Å². The highest BCUT2D eigenvalue weighted by Crippen LogP contribution is 2.25. The number of amides is 2. The molecule has 33 heavy (non-hydrogen) atoms. The van der Waals surface area contributed by atoms with Crippen LogP contribution in [0.1, 0.15) is 36.5 Å². The summed E-state index contributed by atoms with van der Waals surface area (Å²) in [5.74, 6) is -0.885. The van der Waals surface area contributed by atoms with Crippen LogP contribution in [0.2, 0.25) is 5.02 Å². The van der Waals surface area contributed by atoms with Crippen LogP contribution in [0.25, 0.3) is 0 Å². The smallest absolute Gasteiger partial charge is 0.253 e. The molecule has 1 fully saturated rings. The number of nitrogens with zero attached hydrogens (tertiary/aromatic N) is 1. The van der Waals surface area contributed by atoms with Crippen molar-refractivity contribution < 1.29 is 22.7 Å². The predicted octanol–water partition coefficient (Wildman–Crippen LogP) is 3.43. The quantitative estimate of drug-likeness (QED) is 0.556. The number of para-hydroxylation sites is 1. The summed E-state index contributed by atoms with van der Waals surface area (Å²) < 4.78 is 31.8. The van der Waals surface area contributed by atoms with Gasteiger partial charge in [0.2, 0.25) is 15.9 Å². The highest BCUT2D eigenvalue weighted by molar-refractivity contribution is 7.92. The number of hydrogen-bond acceptors (Lipinski definition) is 5. The first kappa shape index (κ1) is 25.0. The summed E-state index contributed by atoms with van der Waals surface area (Å²) in [6.07, 6.45) is 3.11. The van der Waals surface area contributed by atoms with E-state index in [9.17, 15) is 18.0 Å². The standard InChI is InChI=1S/C23H28ClN3O5S/c1-3-21(27(33(2,30)31)17-12-10-16(24)11-13-17)23(29)26-20-9-5-4-8-19(20)22(28)25-15-18-7-6-14-32-18/h4-5,8-13,18,21H,3,6-7,14-15H2,1-2H3,(H,25,28)(H,26,29)/t18-,21+/m1/s1. The summed E-state index contributed by atoms with van der Waals surface area (Å²) in [7, 11) is -3.79. The Labute approximate surface area is 199 Å². The number of rotatable bonds is 9. The molecule has 3 rings (SSSR count). The van der Waals surface area contributed by atoms with Gasteiger partial charge in [-0.1, -0.05) is 30.7 Å². The van der Waals surface area contributed by atoms with E-state index >= 15 is 0 Å². The highest BCUT2D eigenvalue weighted by atomic mass is 35.5. The van der Waals surface area contributed by atoms with E-state index in [2.05, 4.69) is 10.6 Å². The molecule has 0 aromatic heterocycles. The third-order valence-electron chi connectivity index (χ3n) is 5.35. The van der Waals surface area contributed by atoms with Gasteiger partial charge < -0.3 is 15.4 Å². The summed E-state index contributed by atoms with van der Waals surface area (Å²) in [5.41, 5.74) is 0.915. The van der Waals surface area contributed by atoms with Crippen molar-refractivity contribution in [2.75, 3.05) is 29.0 Å². The number of hydrogen-bond donors (Lipinski definition) is 2. The normalized spacial score (nSPS) is 16.8. The van der Waals surface area contributed by atoms with Gasteiger partial charge in [0.1, 0.15) is 6.04 Å². The van der Waals surface area contributed by atoms with Gasteiger partial charge in [-0.05, 0) is 55.7 Å². The molecule has 0 saturated carbocycles. The number of carbonyl (C=O) groups excluding carboxylic acids is 2. The maximum absolute atomic E-state index is 13.2. The summed E-state index contributed by atoms with van der Waals surface area (Å²) in [4.78, 5) is 26.0. The average molecular weight is 494 g/mol. The van der Waals surface area contributed by atoms with Gasteiger partial charge in [-0.3, -0.25) is 13.9 Å². The SMILES string of the molecule is CC[C@@H](C(=O)Nc1ccccc1C(=O)NC[C@H]1CCCO1)N(c1ccc(Cl)cc1)S(C)(=O)=O. The van der Waals surface area contributed by atoms with Crippen LogP contribution in [0.15, 0.2) is 48.5 Å². The van der Waals surface area contributed by atoms with Crippen molar-refractivity contribution in [1.82, 2.24) is 5.32 Å². The Morgan fingerprint density at radius 2 is 1.88 bits per heavy atom. The molecule has 2 amide bonds. The monoisotopic (exact) mass is 493 g/mol. The van der Waals surface area contributed by atoms with Gasteiger partial charge in [0.05, 0.1) is 29.3 Å². The Hall–Kier alpha value is -2.62. The summed E-state index contributed by atoms with van der Waals surface area (Å²) in [5, 5.41) is 6.03. The minimum absolute atomic E-state index is 0.0112. The maximum Gasteiger partial charge on any atom is 0.253 e. The molecule has 1 saturated heterocycles. The van der Waals surface area contributed by atoms with Gasteiger partial charge in [0.25, 0.3) is 5.91 Å². The minimum atomic E-state index is -3.79. The Kier molecular flexibility index (Phi) is 8.34. The summed E-state index contributed by atoms with van der Waals surface area (Å²) >= 11 is 5.94. The zero-order valence-electron chi connectivity index (χ0n) is 18.6. The molecule has 0 aliphatic carbocycles. The number of carbonyl (C=O) groups is 2. The molecule has 178 valence electrons. The molecule has 0 spiro atoms. The van der Waals surface area contributed by atoms with E-state index in [1.165, 1.54) is 0 Å². The molecule has 0 radical (unpaired) electrons. The first-order valence-electron chi connectivity index (χ1n) is 10.8. The lowest BCUT2D eigenvalue weighted by Gasteiger charge is -2.30. The van der Waals surface area contributed by atoms with Crippen LogP contribution in [-0.4, -0.2) is 51.8 Å². The fraction of sp³-hybridized carbons (Fsp3) is 0.391. The zero-order valence-corrected chi connectivity index (χ0v) is 20.2. The molecule has 0 bridgehead atoms. The largest absolute Gasteiger partial charge is 0.376 e.